The Labute approximate surface area is 128 Å². The van der Waals surface area contributed by atoms with Gasteiger partial charge in [0.1, 0.15) is 0 Å². The lowest BCUT2D eigenvalue weighted by atomic mass is 10.2. The summed E-state index contributed by atoms with van der Waals surface area (Å²) in [6.07, 6.45) is 1.14. The molecule has 0 radical (unpaired) electrons. The van der Waals surface area contributed by atoms with E-state index in [1.165, 1.54) is 11.3 Å². The smallest absolute Gasteiger partial charge is 0.0399 e. The molecule has 5 heteroatoms. The topological polar surface area (TPSA) is 30.5 Å². The van der Waals surface area contributed by atoms with E-state index in [-0.39, 0.29) is 0 Å². The zero-order valence-corrected chi connectivity index (χ0v) is 13.6. The van der Waals surface area contributed by atoms with Crippen LogP contribution in [0.4, 0.5) is 5.69 Å². The van der Waals surface area contributed by atoms with Crippen LogP contribution in [0, 0.1) is 0 Å². The van der Waals surface area contributed by atoms with Gasteiger partial charge in [-0.05, 0) is 44.8 Å². The van der Waals surface area contributed by atoms with Crippen molar-refractivity contribution in [3.05, 3.63) is 29.8 Å². The average Bonchev–Trinajstić information content (AvgIpc) is 2.43. The Hall–Kier alpha value is -0.810. The highest BCUT2D eigenvalue weighted by Crippen LogP contribution is 2.13. The molecule has 2 N–H and O–H groups in total. The summed E-state index contributed by atoms with van der Waals surface area (Å²) in [5.41, 5.74) is 8.96. The zero-order valence-electron chi connectivity index (χ0n) is 12.8. The molecular weight excluding hydrogens is 272 g/mol. The maximum atomic E-state index is 5.74. The number of rotatable bonds is 10. The summed E-state index contributed by atoms with van der Waals surface area (Å²) in [4.78, 5) is 4.35. The van der Waals surface area contributed by atoms with Crippen molar-refractivity contribution in [3.63, 3.8) is 0 Å². The Morgan fingerprint density at radius 2 is 1.70 bits per heavy atom. The van der Waals surface area contributed by atoms with Crippen molar-refractivity contribution in [1.29, 1.82) is 0 Å². The number of anilines is 1. The van der Waals surface area contributed by atoms with Crippen molar-refractivity contribution in [2.24, 2.45) is 0 Å². The van der Waals surface area contributed by atoms with Crippen LogP contribution in [0.15, 0.2) is 24.3 Å². The van der Waals surface area contributed by atoms with Crippen molar-refractivity contribution in [2.45, 2.75) is 13.0 Å². The molecule has 20 heavy (non-hydrogen) atoms. The minimum Gasteiger partial charge on any atom is -0.373 e. The summed E-state index contributed by atoms with van der Waals surface area (Å²) >= 11 is 5.74. The van der Waals surface area contributed by atoms with E-state index in [0.717, 1.165) is 32.6 Å². The van der Waals surface area contributed by atoms with Crippen LogP contribution in [0.25, 0.3) is 0 Å². The summed E-state index contributed by atoms with van der Waals surface area (Å²) in [6.45, 7) is 3.79. The Morgan fingerprint density at radius 1 is 1.00 bits per heavy atom. The predicted molar refractivity (Wildman–Crippen MR) is 88.4 cm³/mol. The summed E-state index contributed by atoms with van der Waals surface area (Å²) in [5.74, 6) is 0.649. The molecule has 0 unspecified atom stereocenters. The van der Waals surface area contributed by atoms with E-state index in [1.807, 2.05) is 0 Å². The van der Waals surface area contributed by atoms with Crippen LogP contribution >= 0.6 is 11.6 Å². The van der Waals surface area contributed by atoms with Gasteiger partial charge in [-0.1, -0.05) is 12.1 Å². The van der Waals surface area contributed by atoms with Crippen LogP contribution in [0.1, 0.15) is 12.0 Å². The van der Waals surface area contributed by atoms with E-state index in [9.17, 15) is 0 Å². The number of nitrogens with zero attached hydrogens (tertiary/aromatic N) is 2. The number of hydrogen-bond acceptors (Lipinski definition) is 4. The molecule has 0 aliphatic heterocycles. The van der Waals surface area contributed by atoms with E-state index < -0.39 is 0 Å². The molecule has 114 valence electrons. The van der Waals surface area contributed by atoms with Crippen molar-refractivity contribution < 1.29 is 0 Å². The summed E-state index contributed by atoms with van der Waals surface area (Å²) in [5, 5.41) is 0. The lowest BCUT2D eigenvalue weighted by Gasteiger charge is -2.18. The molecule has 0 aliphatic carbocycles. The van der Waals surface area contributed by atoms with Gasteiger partial charge in [0.2, 0.25) is 0 Å². The highest BCUT2D eigenvalue weighted by atomic mass is 35.5. The Bertz CT molecular complexity index is 353. The predicted octanol–water partition coefficient (Wildman–Crippen LogP) is 1.91. The number of halogens is 1. The normalized spacial score (nSPS) is 11.1. The first-order valence-electron chi connectivity index (χ1n) is 7.10. The lowest BCUT2D eigenvalue weighted by molar-refractivity contribution is 0.385. The van der Waals surface area contributed by atoms with E-state index in [1.54, 1.807) is 0 Å². The highest BCUT2D eigenvalue weighted by molar-refractivity contribution is 6.18. The van der Waals surface area contributed by atoms with E-state index in [2.05, 4.69) is 66.1 Å². The highest BCUT2D eigenvalue weighted by Gasteiger charge is 1.99. The molecule has 0 aromatic heterocycles. The number of alkyl halides is 1. The molecule has 0 spiro atoms. The van der Waals surface area contributed by atoms with Crippen molar-refractivity contribution in [2.75, 3.05) is 51.6 Å². The fraction of sp³-hybridized carbons (Fsp3) is 0.600. The maximum absolute atomic E-state index is 5.74. The second kappa shape index (κ2) is 10.00. The Balaban J connectivity index is 2.21. The fourth-order valence-electron chi connectivity index (χ4n) is 1.86. The first-order valence-corrected chi connectivity index (χ1v) is 7.63. The van der Waals surface area contributed by atoms with Crippen molar-refractivity contribution >= 4 is 17.3 Å². The lowest BCUT2D eigenvalue weighted by Crippen LogP contribution is -2.33. The van der Waals surface area contributed by atoms with Gasteiger partial charge in [-0.25, -0.2) is 0 Å². The third-order valence-electron chi connectivity index (χ3n) is 3.12. The van der Waals surface area contributed by atoms with E-state index in [0.29, 0.717) is 5.88 Å². The second-order valence-corrected chi connectivity index (χ2v) is 5.59. The first-order chi connectivity index (χ1) is 9.63. The average molecular weight is 299 g/mol. The van der Waals surface area contributed by atoms with Gasteiger partial charge < -0.3 is 9.80 Å². The molecule has 1 aromatic rings. The van der Waals surface area contributed by atoms with Crippen molar-refractivity contribution in [1.82, 2.24) is 15.8 Å². The van der Waals surface area contributed by atoms with Crippen LogP contribution in [-0.2, 0) is 6.54 Å². The van der Waals surface area contributed by atoms with Crippen LogP contribution in [0.5, 0.6) is 0 Å². The number of benzene rings is 1. The molecule has 0 bridgehead atoms. The number of hydrazine groups is 1. The van der Waals surface area contributed by atoms with Gasteiger partial charge >= 0.3 is 0 Å². The van der Waals surface area contributed by atoms with Crippen LogP contribution in [-0.4, -0.2) is 51.6 Å². The quantitative estimate of drug-likeness (QED) is 0.392. The van der Waals surface area contributed by atoms with Gasteiger partial charge in [0.25, 0.3) is 0 Å². The molecule has 4 nitrogen and oxygen atoms in total. The monoisotopic (exact) mass is 298 g/mol. The molecule has 0 fully saturated rings. The maximum Gasteiger partial charge on any atom is 0.0399 e. The van der Waals surface area contributed by atoms with E-state index >= 15 is 0 Å². The largest absolute Gasteiger partial charge is 0.373 e. The van der Waals surface area contributed by atoms with Gasteiger partial charge in [-0.3, -0.25) is 10.9 Å². The van der Waals surface area contributed by atoms with E-state index in [4.69, 9.17) is 11.6 Å². The van der Waals surface area contributed by atoms with Gasteiger partial charge in [0.05, 0.1) is 0 Å². The van der Waals surface area contributed by atoms with Gasteiger partial charge in [-0.15, -0.1) is 11.6 Å². The molecule has 1 rings (SSSR count). The summed E-state index contributed by atoms with van der Waals surface area (Å²) < 4.78 is 0. The number of hydrogen-bond donors (Lipinski definition) is 2. The molecule has 0 atom stereocenters. The molecule has 1 aromatic carbocycles. The minimum atomic E-state index is 0.649. The number of nitrogens with one attached hydrogen (secondary N) is 2. The van der Waals surface area contributed by atoms with Gasteiger partial charge in [-0.2, -0.15) is 0 Å². The fourth-order valence-corrected chi connectivity index (χ4v) is 2.11. The molecule has 0 heterocycles. The van der Waals surface area contributed by atoms with Gasteiger partial charge in [0, 0.05) is 38.2 Å². The standard InChI is InChI=1S/C15H27ClN4/c1-19(2)11-4-10-17-18-13-14-5-7-15(8-6-14)20(3)12-9-16/h5-8,17-18H,4,9-13H2,1-3H3. The third kappa shape index (κ3) is 7.10. The molecule has 0 amide bonds. The van der Waals surface area contributed by atoms with Crippen LogP contribution in [0.3, 0.4) is 0 Å². The van der Waals surface area contributed by atoms with Crippen LogP contribution in [0.2, 0.25) is 0 Å². The molecule has 0 saturated carbocycles. The molecule has 0 aliphatic rings. The Morgan fingerprint density at radius 3 is 2.30 bits per heavy atom. The van der Waals surface area contributed by atoms with Gasteiger partial charge in [0.15, 0.2) is 0 Å². The zero-order chi connectivity index (χ0) is 14.8. The third-order valence-corrected chi connectivity index (χ3v) is 3.29. The summed E-state index contributed by atoms with van der Waals surface area (Å²) in [6, 6.07) is 8.56. The SMILES string of the molecule is CN(C)CCCNNCc1ccc(N(C)CCCl)cc1. The van der Waals surface area contributed by atoms with Crippen LogP contribution < -0.4 is 15.8 Å². The Kier molecular flexibility index (Phi) is 8.62. The minimum absolute atomic E-state index is 0.649. The molecular formula is C15H27ClN4. The molecule has 0 saturated heterocycles. The summed E-state index contributed by atoms with van der Waals surface area (Å²) in [7, 11) is 6.24. The van der Waals surface area contributed by atoms with Crippen molar-refractivity contribution in [3.8, 4) is 0 Å². The second-order valence-electron chi connectivity index (χ2n) is 5.21. The first kappa shape index (κ1) is 17.2.